The van der Waals surface area contributed by atoms with Gasteiger partial charge in [0.1, 0.15) is 25.1 Å². The Morgan fingerprint density at radius 2 is 1.76 bits per heavy atom. The van der Waals surface area contributed by atoms with Gasteiger partial charge in [0.2, 0.25) is 0 Å². The van der Waals surface area contributed by atoms with Gasteiger partial charge in [-0.1, -0.05) is 62.9 Å². The molecule has 0 aromatic heterocycles. The van der Waals surface area contributed by atoms with E-state index in [2.05, 4.69) is 6.92 Å². The largest absolute Gasteiger partial charge is 0.491 e. The smallest absolute Gasteiger partial charge is 0.305 e. The van der Waals surface area contributed by atoms with Crippen LogP contribution in [-0.4, -0.2) is 30.4 Å². The average molecular weight is 344 g/mol. The number of hydrogen-bond acceptors (Lipinski definition) is 4. The lowest BCUT2D eigenvalue weighted by atomic mass is 10.1. The standard InChI is InChI=1S/C21H28O4/c1-2-3-4-5-6-11-21(23)25-16-19(22)15-24-20-13-12-17-9-7-8-10-18(17)14-20/h7-10,12-14,19,22H,2-6,11,15-16H2,1H3. The van der Waals surface area contributed by atoms with Gasteiger partial charge in [0.25, 0.3) is 0 Å². The van der Waals surface area contributed by atoms with Crippen LogP contribution < -0.4 is 4.74 Å². The van der Waals surface area contributed by atoms with Crippen molar-refractivity contribution in [1.82, 2.24) is 0 Å². The van der Waals surface area contributed by atoms with Crippen LogP contribution in [0.2, 0.25) is 0 Å². The molecule has 2 aromatic rings. The van der Waals surface area contributed by atoms with E-state index in [-0.39, 0.29) is 19.2 Å². The van der Waals surface area contributed by atoms with E-state index in [0.717, 1.165) is 30.0 Å². The molecule has 0 aliphatic rings. The quantitative estimate of drug-likeness (QED) is 0.482. The fourth-order valence-corrected chi connectivity index (χ4v) is 2.63. The van der Waals surface area contributed by atoms with Crippen molar-refractivity contribution in [3.05, 3.63) is 42.5 Å². The van der Waals surface area contributed by atoms with Gasteiger partial charge in [-0.05, 0) is 29.3 Å². The van der Waals surface area contributed by atoms with Gasteiger partial charge in [0, 0.05) is 6.42 Å². The van der Waals surface area contributed by atoms with E-state index in [1.54, 1.807) is 0 Å². The molecule has 2 rings (SSSR count). The highest BCUT2D eigenvalue weighted by molar-refractivity contribution is 5.83. The maximum Gasteiger partial charge on any atom is 0.305 e. The van der Waals surface area contributed by atoms with Crippen LogP contribution >= 0.6 is 0 Å². The molecule has 0 heterocycles. The van der Waals surface area contributed by atoms with E-state index >= 15 is 0 Å². The highest BCUT2D eigenvalue weighted by atomic mass is 16.5. The van der Waals surface area contributed by atoms with Gasteiger partial charge in [-0.25, -0.2) is 0 Å². The number of fused-ring (bicyclic) bond motifs is 1. The summed E-state index contributed by atoms with van der Waals surface area (Å²) in [4.78, 5) is 11.6. The molecule has 0 radical (unpaired) electrons. The molecule has 0 saturated carbocycles. The lowest BCUT2D eigenvalue weighted by molar-refractivity contribution is -0.147. The minimum atomic E-state index is -0.824. The van der Waals surface area contributed by atoms with Crippen molar-refractivity contribution in [3.8, 4) is 5.75 Å². The van der Waals surface area contributed by atoms with E-state index in [0.29, 0.717) is 12.2 Å². The summed E-state index contributed by atoms with van der Waals surface area (Å²) in [6.45, 7) is 2.24. The summed E-state index contributed by atoms with van der Waals surface area (Å²) in [6, 6.07) is 13.8. The summed E-state index contributed by atoms with van der Waals surface area (Å²) in [5, 5.41) is 12.1. The zero-order valence-electron chi connectivity index (χ0n) is 14.9. The fourth-order valence-electron chi connectivity index (χ4n) is 2.63. The second-order valence-electron chi connectivity index (χ2n) is 6.32. The molecule has 1 unspecified atom stereocenters. The lowest BCUT2D eigenvalue weighted by Gasteiger charge is -2.13. The Balaban J connectivity index is 1.64. The Labute approximate surface area is 149 Å². The summed E-state index contributed by atoms with van der Waals surface area (Å²) >= 11 is 0. The number of carbonyl (C=O) groups excluding carboxylic acids is 1. The van der Waals surface area contributed by atoms with Crippen molar-refractivity contribution >= 4 is 16.7 Å². The molecule has 0 spiro atoms. The maximum atomic E-state index is 11.6. The number of carbonyl (C=O) groups is 1. The van der Waals surface area contributed by atoms with Crippen molar-refractivity contribution in [2.45, 2.75) is 51.6 Å². The van der Waals surface area contributed by atoms with Crippen molar-refractivity contribution in [3.63, 3.8) is 0 Å². The molecular weight excluding hydrogens is 316 g/mol. The zero-order chi connectivity index (χ0) is 17.9. The van der Waals surface area contributed by atoms with Crippen LogP contribution in [0.3, 0.4) is 0 Å². The van der Waals surface area contributed by atoms with Crippen LogP contribution in [0.5, 0.6) is 5.75 Å². The first-order valence-corrected chi connectivity index (χ1v) is 9.14. The van der Waals surface area contributed by atoms with Crippen molar-refractivity contribution < 1.29 is 19.4 Å². The molecular formula is C21H28O4. The van der Waals surface area contributed by atoms with Crippen LogP contribution in [0, 0.1) is 0 Å². The zero-order valence-corrected chi connectivity index (χ0v) is 14.9. The first kappa shape index (κ1) is 19.3. The molecule has 0 fully saturated rings. The second-order valence-corrected chi connectivity index (χ2v) is 6.32. The average Bonchev–Trinajstić information content (AvgIpc) is 2.64. The normalized spacial score (nSPS) is 12.1. The highest BCUT2D eigenvalue weighted by Crippen LogP contribution is 2.20. The third-order valence-corrected chi connectivity index (χ3v) is 4.08. The fraction of sp³-hybridized carbons (Fsp3) is 0.476. The Bertz CT molecular complexity index is 653. The number of unbranched alkanes of at least 4 members (excludes halogenated alkanes) is 4. The van der Waals surface area contributed by atoms with Crippen LogP contribution in [0.15, 0.2) is 42.5 Å². The molecule has 25 heavy (non-hydrogen) atoms. The summed E-state index contributed by atoms with van der Waals surface area (Å²) in [5.41, 5.74) is 0. The van der Waals surface area contributed by atoms with Crippen LogP contribution in [0.25, 0.3) is 10.8 Å². The van der Waals surface area contributed by atoms with E-state index in [9.17, 15) is 9.90 Å². The summed E-state index contributed by atoms with van der Waals surface area (Å²) in [7, 11) is 0. The third-order valence-electron chi connectivity index (χ3n) is 4.08. The lowest BCUT2D eigenvalue weighted by Crippen LogP contribution is -2.25. The van der Waals surface area contributed by atoms with Gasteiger partial charge in [-0.3, -0.25) is 4.79 Å². The molecule has 0 amide bonds. The predicted octanol–water partition coefficient (Wildman–Crippen LogP) is 4.48. The van der Waals surface area contributed by atoms with Crippen LogP contribution in [0.1, 0.15) is 45.4 Å². The summed E-state index contributed by atoms with van der Waals surface area (Å²) in [5.74, 6) is 0.446. The highest BCUT2D eigenvalue weighted by Gasteiger charge is 2.10. The Kier molecular flexibility index (Phi) is 8.26. The number of aliphatic hydroxyl groups is 1. The minimum Gasteiger partial charge on any atom is -0.491 e. The SMILES string of the molecule is CCCCCCCC(=O)OCC(O)COc1ccc2ccccc2c1. The topological polar surface area (TPSA) is 55.8 Å². The van der Waals surface area contributed by atoms with Gasteiger partial charge < -0.3 is 14.6 Å². The number of ether oxygens (including phenoxy) is 2. The molecule has 1 N–H and O–H groups in total. The second kappa shape index (κ2) is 10.7. The minimum absolute atomic E-state index is 0.0264. The first-order valence-electron chi connectivity index (χ1n) is 9.14. The van der Waals surface area contributed by atoms with Crippen molar-refractivity contribution in [2.75, 3.05) is 13.2 Å². The number of aliphatic hydroxyl groups excluding tert-OH is 1. The van der Waals surface area contributed by atoms with Crippen LogP contribution in [0.4, 0.5) is 0 Å². The Morgan fingerprint density at radius 3 is 2.56 bits per heavy atom. The molecule has 136 valence electrons. The molecule has 0 saturated heterocycles. The molecule has 0 bridgehead atoms. The van der Waals surface area contributed by atoms with Gasteiger partial charge in [-0.2, -0.15) is 0 Å². The molecule has 0 aliphatic heterocycles. The van der Waals surface area contributed by atoms with Gasteiger partial charge in [-0.15, -0.1) is 0 Å². The van der Waals surface area contributed by atoms with Gasteiger partial charge in [0.05, 0.1) is 0 Å². The predicted molar refractivity (Wildman–Crippen MR) is 99.8 cm³/mol. The van der Waals surface area contributed by atoms with Crippen LogP contribution in [-0.2, 0) is 9.53 Å². The van der Waals surface area contributed by atoms with Crippen molar-refractivity contribution in [2.24, 2.45) is 0 Å². The molecule has 1 atom stereocenters. The molecule has 4 heteroatoms. The van der Waals surface area contributed by atoms with Crippen molar-refractivity contribution in [1.29, 1.82) is 0 Å². The third kappa shape index (κ3) is 7.14. The molecule has 4 nitrogen and oxygen atoms in total. The summed E-state index contributed by atoms with van der Waals surface area (Å²) in [6.07, 6.45) is 5.05. The monoisotopic (exact) mass is 344 g/mol. The first-order chi connectivity index (χ1) is 12.2. The van der Waals surface area contributed by atoms with E-state index in [1.807, 2.05) is 42.5 Å². The Morgan fingerprint density at radius 1 is 1.00 bits per heavy atom. The Hall–Kier alpha value is -2.07. The number of benzene rings is 2. The molecule has 2 aromatic carbocycles. The van der Waals surface area contributed by atoms with Gasteiger partial charge >= 0.3 is 5.97 Å². The maximum absolute atomic E-state index is 11.6. The van der Waals surface area contributed by atoms with E-state index in [1.165, 1.54) is 12.8 Å². The number of rotatable bonds is 11. The molecule has 0 aliphatic carbocycles. The van der Waals surface area contributed by atoms with Gasteiger partial charge in [0.15, 0.2) is 0 Å². The number of esters is 1. The summed E-state index contributed by atoms with van der Waals surface area (Å²) < 4.78 is 10.7. The van der Waals surface area contributed by atoms with E-state index in [4.69, 9.17) is 9.47 Å². The van der Waals surface area contributed by atoms with E-state index < -0.39 is 6.10 Å². The number of hydrogen-bond donors (Lipinski definition) is 1.